The summed E-state index contributed by atoms with van der Waals surface area (Å²) in [6.07, 6.45) is 3.94. The zero-order valence-electron chi connectivity index (χ0n) is 13.1. The normalized spacial score (nSPS) is 24.1. The third kappa shape index (κ3) is 3.53. The Morgan fingerprint density at radius 1 is 1.00 bits per heavy atom. The number of carbonyl (C=O) groups is 1. The highest BCUT2D eigenvalue weighted by molar-refractivity contribution is 5.79. The van der Waals surface area contributed by atoms with Crippen LogP contribution in [0.2, 0.25) is 0 Å². The molecular weight excluding hydrogens is 260 g/mol. The molecule has 2 saturated heterocycles. The Balaban J connectivity index is 1.53. The Hall–Kier alpha value is -1.19. The van der Waals surface area contributed by atoms with E-state index in [4.69, 9.17) is 0 Å². The second kappa shape index (κ2) is 6.29. The highest BCUT2D eigenvalue weighted by Gasteiger charge is 2.36. The summed E-state index contributed by atoms with van der Waals surface area (Å²) in [6, 6.07) is 10.7. The minimum atomic E-state index is 0.299. The molecule has 2 fully saturated rings. The van der Waals surface area contributed by atoms with Crippen LogP contribution < -0.4 is 0 Å². The van der Waals surface area contributed by atoms with Crippen LogP contribution in [-0.2, 0) is 11.3 Å². The number of nitrogens with zero attached hydrogens (tertiary/aromatic N) is 2. The molecule has 2 heterocycles. The van der Waals surface area contributed by atoms with Gasteiger partial charge in [0.1, 0.15) is 5.78 Å². The molecule has 0 bridgehead atoms. The van der Waals surface area contributed by atoms with Gasteiger partial charge < -0.3 is 0 Å². The van der Waals surface area contributed by atoms with E-state index in [0.29, 0.717) is 11.3 Å². The van der Waals surface area contributed by atoms with Gasteiger partial charge in [-0.1, -0.05) is 30.3 Å². The van der Waals surface area contributed by atoms with Gasteiger partial charge in [0.15, 0.2) is 0 Å². The first kappa shape index (κ1) is 14.7. The number of carbonyl (C=O) groups excluding carboxylic acids is 1. The number of ketones is 1. The molecular formula is C18H26N2O. The van der Waals surface area contributed by atoms with Crippen molar-refractivity contribution in [2.45, 2.75) is 44.7 Å². The highest BCUT2D eigenvalue weighted by Crippen LogP contribution is 2.31. The Morgan fingerprint density at radius 2 is 1.62 bits per heavy atom. The topological polar surface area (TPSA) is 23.6 Å². The van der Waals surface area contributed by atoms with E-state index in [0.717, 1.165) is 45.6 Å². The Bertz CT molecular complexity index is 467. The van der Waals surface area contributed by atoms with E-state index < -0.39 is 0 Å². The molecule has 1 aromatic carbocycles. The number of hydrogen-bond acceptors (Lipinski definition) is 3. The largest absolute Gasteiger partial charge is 0.300 e. The van der Waals surface area contributed by atoms with E-state index in [-0.39, 0.29) is 0 Å². The average Bonchev–Trinajstić information content (AvgIpc) is 2.51. The Morgan fingerprint density at radius 3 is 2.24 bits per heavy atom. The third-order valence-corrected chi connectivity index (χ3v) is 5.27. The van der Waals surface area contributed by atoms with E-state index >= 15 is 0 Å². The molecule has 1 aromatic rings. The zero-order valence-corrected chi connectivity index (χ0v) is 13.1. The number of benzene rings is 1. The number of piperidine rings is 2. The maximum absolute atomic E-state index is 11.4. The summed E-state index contributed by atoms with van der Waals surface area (Å²) in [6.45, 7) is 7.71. The van der Waals surface area contributed by atoms with Gasteiger partial charge in [-0.05, 0) is 25.3 Å². The first-order valence-corrected chi connectivity index (χ1v) is 8.19. The smallest absolute Gasteiger partial charge is 0.135 e. The van der Waals surface area contributed by atoms with Crippen LogP contribution in [0.5, 0.6) is 0 Å². The molecule has 0 radical (unpaired) electrons. The molecule has 3 heteroatoms. The van der Waals surface area contributed by atoms with Crippen molar-refractivity contribution in [1.82, 2.24) is 9.80 Å². The van der Waals surface area contributed by atoms with Crippen LogP contribution in [0.4, 0.5) is 0 Å². The van der Waals surface area contributed by atoms with Gasteiger partial charge in [-0.2, -0.15) is 0 Å². The lowest BCUT2D eigenvalue weighted by Crippen LogP contribution is -2.55. The average molecular weight is 286 g/mol. The van der Waals surface area contributed by atoms with Gasteiger partial charge in [-0.3, -0.25) is 14.6 Å². The summed E-state index contributed by atoms with van der Waals surface area (Å²) >= 11 is 0. The SMILES string of the molecule is CC1(N2CCC(=O)CC2)CCN(Cc2ccccc2)CC1. The van der Waals surface area contributed by atoms with Crippen molar-refractivity contribution in [3.63, 3.8) is 0 Å². The number of hydrogen-bond donors (Lipinski definition) is 0. The molecule has 0 saturated carbocycles. The van der Waals surface area contributed by atoms with Crippen LogP contribution in [0.25, 0.3) is 0 Å². The van der Waals surface area contributed by atoms with Crippen molar-refractivity contribution in [2.75, 3.05) is 26.2 Å². The monoisotopic (exact) mass is 286 g/mol. The summed E-state index contributed by atoms with van der Waals surface area (Å²) in [4.78, 5) is 16.5. The lowest BCUT2D eigenvalue weighted by atomic mass is 9.86. The predicted octanol–water partition coefficient (Wildman–Crippen LogP) is 2.71. The minimum Gasteiger partial charge on any atom is -0.300 e. The quantitative estimate of drug-likeness (QED) is 0.853. The highest BCUT2D eigenvalue weighted by atomic mass is 16.1. The molecule has 0 aliphatic carbocycles. The Labute approximate surface area is 127 Å². The molecule has 114 valence electrons. The van der Waals surface area contributed by atoms with Gasteiger partial charge in [-0.25, -0.2) is 0 Å². The standard InChI is InChI=1S/C18H26N2O/c1-18(20-11-7-17(21)8-12-20)9-13-19(14-10-18)15-16-5-3-2-4-6-16/h2-6H,7-15H2,1H3. The molecule has 0 aromatic heterocycles. The van der Waals surface area contributed by atoms with E-state index in [9.17, 15) is 4.79 Å². The fourth-order valence-corrected chi connectivity index (χ4v) is 3.65. The summed E-state index contributed by atoms with van der Waals surface area (Å²) < 4.78 is 0. The van der Waals surface area contributed by atoms with Gasteiger partial charge in [0, 0.05) is 51.1 Å². The van der Waals surface area contributed by atoms with Crippen molar-refractivity contribution >= 4 is 5.78 Å². The number of Topliss-reactive ketones (excluding diaryl/α,β-unsaturated/α-hetero) is 1. The summed E-state index contributed by atoms with van der Waals surface area (Å²) in [5.74, 6) is 0.441. The molecule has 0 atom stereocenters. The second-order valence-electron chi connectivity index (χ2n) is 6.78. The van der Waals surface area contributed by atoms with Gasteiger partial charge in [-0.15, -0.1) is 0 Å². The van der Waals surface area contributed by atoms with Gasteiger partial charge in [0.2, 0.25) is 0 Å². The van der Waals surface area contributed by atoms with Crippen molar-refractivity contribution < 1.29 is 4.79 Å². The molecule has 0 amide bonds. The van der Waals surface area contributed by atoms with Gasteiger partial charge in [0.05, 0.1) is 0 Å². The minimum absolute atomic E-state index is 0.299. The summed E-state index contributed by atoms with van der Waals surface area (Å²) in [5, 5.41) is 0. The van der Waals surface area contributed by atoms with Crippen LogP contribution in [-0.4, -0.2) is 47.3 Å². The van der Waals surface area contributed by atoms with Crippen molar-refractivity contribution in [2.24, 2.45) is 0 Å². The molecule has 0 N–H and O–H groups in total. The van der Waals surface area contributed by atoms with E-state index in [2.05, 4.69) is 47.1 Å². The Kier molecular flexibility index (Phi) is 4.41. The fraction of sp³-hybridized carbons (Fsp3) is 0.611. The van der Waals surface area contributed by atoms with Crippen LogP contribution in [0.1, 0.15) is 38.2 Å². The van der Waals surface area contributed by atoms with Crippen LogP contribution >= 0.6 is 0 Å². The van der Waals surface area contributed by atoms with Gasteiger partial charge >= 0.3 is 0 Å². The maximum atomic E-state index is 11.4. The number of likely N-dealkylation sites (tertiary alicyclic amines) is 2. The molecule has 2 aliphatic heterocycles. The van der Waals surface area contributed by atoms with Crippen LogP contribution in [0.3, 0.4) is 0 Å². The molecule has 3 nitrogen and oxygen atoms in total. The maximum Gasteiger partial charge on any atom is 0.135 e. The van der Waals surface area contributed by atoms with E-state index in [1.54, 1.807) is 0 Å². The molecule has 3 rings (SSSR count). The summed E-state index contributed by atoms with van der Waals surface area (Å²) in [7, 11) is 0. The lowest BCUT2D eigenvalue weighted by molar-refractivity contribution is -0.123. The second-order valence-corrected chi connectivity index (χ2v) is 6.78. The third-order valence-electron chi connectivity index (χ3n) is 5.27. The summed E-state index contributed by atoms with van der Waals surface area (Å²) in [5.41, 5.74) is 1.71. The first-order valence-electron chi connectivity index (χ1n) is 8.19. The van der Waals surface area contributed by atoms with Crippen LogP contribution in [0, 0.1) is 0 Å². The van der Waals surface area contributed by atoms with E-state index in [1.807, 2.05) is 0 Å². The lowest BCUT2D eigenvalue weighted by Gasteiger charge is -2.48. The predicted molar refractivity (Wildman–Crippen MR) is 85.2 cm³/mol. The number of rotatable bonds is 3. The van der Waals surface area contributed by atoms with E-state index in [1.165, 1.54) is 18.4 Å². The van der Waals surface area contributed by atoms with Crippen LogP contribution in [0.15, 0.2) is 30.3 Å². The zero-order chi connectivity index (χ0) is 14.7. The molecule has 0 spiro atoms. The fourth-order valence-electron chi connectivity index (χ4n) is 3.65. The van der Waals surface area contributed by atoms with Crippen molar-refractivity contribution in [3.05, 3.63) is 35.9 Å². The van der Waals surface area contributed by atoms with Gasteiger partial charge in [0.25, 0.3) is 0 Å². The molecule has 0 unspecified atom stereocenters. The van der Waals surface area contributed by atoms with Crippen molar-refractivity contribution in [3.8, 4) is 0 Å². The first-order chi connectivity index (χ1) is 10.2. The molecule has 21 heavy (non-hydrogen) atoms. The van der Waals surface area contributed by atoms with Crippen molar-refractivity contribution in [1.29, 1.82) is 0 Å². The molecule has 2 aliphatic rings.